The number of halogens is 4. The van der Waals surface area contributed by atoms with Crippen LogP contribution in [0.1, 0.15) is 41.8 Å². The summed E-state index contributed by atoms with van der Waals surface area (Å²) < 4.78 is 46.4. The van der Waals surface area contributed by atoms with E-state index in [-0.39, 0.29) is 17.9 Å². The largest absolute Gasteiger partial charge is 0.457 e. The van der Waals surface area contributed by atoms with Crippen LogP contribution in [0.15, 0.2) is 42.5 Å². The summed E-state index contributed by atoms with van der Waals surface area (Å²) in [6, 6.07) is 10.1. The van der Waals surface area contributed by atoms with Crippen LogP contribution in [0.5, 0.6) is 0 Å². The van der Waals surface area contributed by atoms with Gasteiger partial charge in [0.25, 0.3) is 5.91 Å². The number of anilines is 1. The van der Waals surface area contributed by atoms with Crippen LogP contribution in [0, 0.1) is 0 Å². The van der Waals surface area contributed by atoms with Crippen molar-refractivity contribution in [2.45, 2.75) is 44.1 Å². The highest BCUT2D eigenvalue weighted by atomic mass is 35.5. The summed E-state index contributed by atoms with van der Waals surface area (Å²) in [5.41, 5.74) is -3.64. The number of alkyl halides is 3. The van der Waals surface area contributed by atoms with Crippen LogP contribution in [0.3, 0.4) is 0 Å². The van der Waals surface area contributed by atoms with E-state index in [1.165, 1.54) is 44.2 Å². The van der Waals surface area contributed by atoms with Gasteiger partial charge >= 0.3 is 12.1 Å². The number of amides is 1. The molecule has 0 saturated carbocycles. The number of ether oxygens (including phenoxy) is 1. The summed E-state index contributed by atoms with van der Waals surface area (Å²) in [5, 5.41) is 13.1. The summed E-state index contributed by atoms with van der Waals surface area (Å²) in [6.07, 6.45) is -6.14. The van der Waals surface area contributed by atoms with Crippen LogP contribution in [-0.2, 0) is 21.6 Å². The zero-order valence-electron chi connectivity index (χ0n) is 16.1. The molecule has 1 amide bonds. The van der Waals surface area contributed by atoms with Crippen LogP contribution in [0.2, 0.25) is 5.02 Å². The zero-order valence-corrected chi connectivity index (χ0v) is 16.9. The van der Waals surface area contributed by atoms with Crippen molar-refractivity contribution >= 4 is 29.2 Å². The molecule has 0 spiro atoms. The number of cyclic esters (lactones) is 1. The summed E-state index contributed by atoms with van der Waals surface area (Å²) in [4.78, 5) is 24.1. The molecule has 0 aliphatic carbocycles. The fourth-order valence-electron chi connectivity index (χ4n) is 3.40. The minimum absolute atomic E-state index is 0.0176. The molecule has 2 aromatic rings. The van der Waals surface area contributed by atoms with Gasteiger partial charge < -0.3 is 15.2 Å². The highest BCUT2D eigenvalue weighted by molar-refractivity contribution is 6.30. The number of rotatable bonds is 5. The number of nitrogens with one attached hydrogen (secondary N) is 1. The average molecular weight is 442 g/mol. The number of fused-ring (bicyclic) bond motifs is 1. The lowest BCUT2D eigenvalue weighted by molar-refractivity contribution is -0.254. The Labute approximate surface area is 175 Å². The van der Waals surface area contributed by atoms with Gasteiger partial charge in [-0.2, -0.15) is 13.2 Å². The van der Waals surface area contributed by atoms with E-state index in [2.05, 4.69) is 5.32 Å². The fraction of sp³-hybridized carbons (Fsp3) is 0.333. The number of esters is 1. The molecule has 0 aromatic heterocycles. The number of aliphatic hydroxyl groups is 1. The lowest BCUT2D eigenvalue weighted by atomic mass is 9.74. The molecule has 3 rings (SSSR count). The Bertz CT molecular complexity index is 989. The smallest absolute Gasteiger partial charge is 0.426 e. The van der Waals surface area contributed by atoms with Gasteiger partial charge in [-0.1, -0.05) is 37.6 Å². The summed E-state index contributed by atoms with van der Waals surface area (Å²) in [7, 11) is 0. The number of carbonyl (C=O) groups excluding carboxylic acids is 2. The maximum Gasteiger partial charge on any atom is 0.426 e. The lowest BCUT2D eigenvalue weighted by Gasteiger charge is -2.36. The second-order valence-corrected chi connectivity index (χ2v) is 8.26. The van der Waals surface area contributed by atoms with E-state index in [0.717, 1.165) is 0 Å². The van der Waals surface area contributed by atoms with Crippen molar-refractivity contribution in [3.63, 3.8) is 0 Å². The zero-order chi connectivity index (χ0) is 22.3. The third-order valence-corrected chi connectivity index (χ3v) is 5.36. The van der Waals surface area contributed by atoms with Gasteiger partial charge in [-0.05, 0) is 41.3 Å². The van der Waals surface area contributed by atoms with Crippen molar-refractivity contribution in [3.05, 3.63) is 64.2 Å². The van der Waals surface area contributed by atoms with Crippen molar-refractivity contribution in [1.82, 2.24) is 0 Å². The molecule has 9 heteroatoms. The highest BCUT2D eigenvalue weighted by Gasteiger charge is 2.61. The van der Waals surface area contributed by atoms with Gasteiger partial charge in [-0.15, -0.1) is 0 Å². The summed E-state index contributed by atoms with van der Waals surface area (Å²) >= 11 is 5.83. The quantitative estimate of drug-likeness (QED) is 0.664. The molecule has 160 valence electrons. The number of hydrogen-bond acceptors (Lipinski definition) is 4. The van der Waals surface area contributed by atoms with Crippen LogP contribution in [0.25, 0.3) is 0 Å². The fourth-order valence-corrected chi connectivity index (χ4v) is 3.52. The maximum absolute atomic E-state index is 13.8. The van der Waals surface area contributed by atoms with Crippen LogP contribution in [0.4, 0.5) is 18.9 Å². The first-order valence-corrected chi connectivity index (χ1v) is 9.38. The van der Waals surface area contributed by atoms with Gasteiger partial charge in [0.15, 0.2) is 0 Å². The van der Waals surface area contributed by atoms with Crippen LogP contribution >= 0.6 is 11.6 Å². The average Bonchev–Trinajstić information content (AvgIpc) is 3.01. The molecule has 0 fully saturated rings. The maximum atomic E-state index is 13.8. The SMILES string of the molecule is CC(C)(CC(O)(C(=O)Nc1ccc2c(c1)COC2=O)C(F)(F)F)c1ccc(Cl)cc1. The molecule has 1 aliphatic heterocycles. The van der Waals surface area contributed by atoms with Gasteiger partial charge in [0.2, 0.25) is 5.60 Å². The van der Waals surface area contributed by atoms with Gasteiger partial charge in [0.1, 0.15) is 6.61 Å². The van der Waals surface area contributed by atoms with Gasteiger partial charge in [0, 0.05) is 22.7 Å². The first kappa shape index (κ1) is 22.1. The lowest BCUT2D eigenvalue weighted by Crippen LogP contribution is -2.57. The molecular formula is C21H19ClF3NO4. The summed E-state index contributed by atoms with van der Waals surface area (Å²) in [6.45, 7) is 2.96. The van der Waals surface area contributed by atoms with E-state index < -0.39 is 35.5 Å². The minimum Gasteiger partial charge on any atom is -0.457 e. The second kappa shape index (κ2) is 7.59. The Kier molecular flexibility index (Phi) is 5.60. The van der Waals surface area contributed by atoms with Gasteiger partial charge in [-0.25, -0.2) is 4.79 Å². The minimum atomic E-state index is -5.23. The predicted molar refractivity (Wildman–Crippen MR) is 104 cm³/mol. The molecule has 0 radical (unpaired) electrons. The molecule has 1 heterocycles. The molecule has 1 unspecified atom stereocenters. The van der Waals surface area contributed by atoms with Crippen LogP contribution in [-0.4, -0.2) is 28.8 Å². The third-order valence-electron chi connectivity index (χ3n) is 5.11. The van der Waals surface area contributed by atoms with Crippen molar-refractivity contribution in [2.24, 2.45) is 0 Å². The van der Waals surface area contributed by atoms with E-state index in [9.17, 15) is 27.9 Å². The molecule has 2 N–H and O–H groups in total. The standard InChI is InChI=1S/C21H19ClF3NO4/c1-19(2,13-3-5-14(22)6-4-13)11-20(29,21(23,24)25)18(28)26-15-7-8-16-12(9-15)10-30-17(16)27/h3-9,29H,10-11H2,1-2H3,(H,26,28). The molecular weight excluding hydrogens is 423 g/mol. The van der Waals surface area contributed by atoms with Crippen molar-refractivity contribution < 1.29 is 32.6 Å². The van der Waals surface area contributed by atoms with Crippen molar-refractivity contribution in [3.8, 4) is 0 Å². The van der Waals surface area contributed by atoms with E-state index in [1.54, 1.807) is 12.1 Å². The van der Waals surface area contributed by atoms with Gasteiger partial charge in [0.05, 0.1) is 5.56 Å². The van der Waals surface area contributed by atoms with E-state index in [1.807, 2.05) is 0 Å². The molecule has 2 aromatic carbocycles. The number of hydrogen-bond donors (Lipinski definition) is 2. The third kappa shape index (κ3) is 4.15. The Morgan fingerprint density at radius 3 is 2.40 bits per heavy atom. The molecule has 5 nitrogen and oxygen atoms in total. The number of benzene rings is 2. The second-order valence-electron chi connectivity index (χ2n) is 7.83. The van der Waals surface area contributed by atoms with E-state index >= 15 is 0 Å². The van der Waals surface area contributed by atoms with Crippen molar-refractivity contribution in [1.29, 1.82) is 0 Å². The Morgan fingerprint density at radius 1 is 1.17 bits per heavy atom. The molecule has 1 atom stereocenters. The van der Waals surface area contributed by atoms with E-state index in [0.29, 0.717) is 16.1 Å². The number of carbonyl (C=O) groups is 2. The first-order valence-electron chi connectivity index (χ1n) is 9.00. The van der Waals surface area contributed by atoms with Gasteiger partial charge in [-0.3, -0.25) is 4.79 Å². The van der Waals surface area contributed by atoms with Crippen LogP contribution < -0.4 is 5.32 Å². The molecule has 1 aliphatic rings. The van der Waals surface area contributed by atoms with E-state index in [4.69, 9.17) is 16.3 Å². The summed E-state index contributed by atoms with van der Waals surface area (Å²) in [5.74, 6) is -2.15. The first-order chi connectivity index (χ1) is 13.8. The van der Waals surface area contributed by atoms with Crippen molar-refractivity contribution in [2.75, 3.05) is 5.32 Å². The normalized spacial score (nSPS) is 15.9. The monoisotopic (exact) mass is 441 g/mol. The highest BCUT2D eigenvalue weighted by Crippen LogP contribution is 2.42. The molecule has 30 heavy (non-hydrogen) atoms. The molecule has 0 bridgehead atoms. The Balaban J connectivity index is 1.88. The molecule has 0 saturated heterocycles. The Hall–Kier alpha value is -2.58. The predicted octanol–water partition coefficient (Wildman–Crippen LogP) is 4.61. The topological polar surface area (TPSA) is 75.6 Å². The Morgan fingerprint density at radius 2 is 1.80 bits per heavy atom.